The zero-order valence-electron chi connectivity index (χ0n) is 11.2. The van der Waals surface area contributed by atoms with Crippen LogP contribution in [0.1, 0.15) is 5.76 Å². The van der Waals surface area contributed by atoms with Crippen LogP contribution in [-0.2, 0) is 4.79 Å². The van der Waals surface area contributed by atoms with Crippen LogP contribution in [0.15, 0.2) is 64.1 Å². The van der Waals surface area contributed by atoms with Crippen molar-refractivity contribution in [3.63, 3.8) is 0 Å². The van der Waals surface area contributed by atoms with Gasteiger partial charge in [0.1, 0.15) is 11.6 Å². The van der Waals surface area contributed by atoms with Crippen molar-refractivity contribution in [3.05, 3.63) is 71.3 Å². The van der Waals surface area contributed by atoms with Gasteiger partial charge in [-0.2, -0.15) is 0 Å². The van der Waals surface area contributed by atoms with E-state index < -0.39 is 5.82 Å². The molecule has 0 N–H and O–H groups in total. The van der Waals surface area contributed by atoms with Gasteiger partial charge in [0.25, 0.3) is 5.91 Å². The summed E-state index contributed by atoms with van der Waals surface area (Å²) in [6.07, 6.45) is 6.64. The molecule has 0 aliphatic carbocycles. The number of carbonyl (C=O) groups is 1. The number of thioether (sulfide) groups is 1. The molecule has 2 heterocycles. The normalized spacial score (nSPS) is 17.1. The van der Waals surface area contributed by atoms with Crippen molar-refractivity contribution in [1.82, 2.24) is 0 Å². The topological polar surface area (TPSA) is 33.5 Å². The number of benzene rings is 1. The molecule has 1 aromatic heterocycles. The third-order valence-electron chi connectivity index (χ3n) is 2.94. The quantitative estimate of drug-likeness (QED) is 0.617. The molecule has 1 amide bonds. The molecule has 3 rings (SSSR count). The number of anilines is 1. The molecule has 110 valence electrons. The van der Waals surface area contributed by atoms with E-state index in [-0.39, 0.29) is 11.6 Å². The Balaban J connectivity index is 1.84. The second-order valence-electron chi connectivity index (χ2n) is 4.37. The minimum absolute atomic E-state index is 0.170. The highest BCUT2D eigenvalue weighted by molar-refractivity contribution is 8.27. The van der Waals surface area contributed by atoms with Crippen molar-refractivity contribution in [1.29, 1.82) is 0 Å². The first-order valence-electron chi connectivity index (χ1n) is 6.39. The van der Waals surface area contributed by atoms with Gasteiger partial charge in [-0.05, 0) is 36.4 Å². The Morgan fingerprint density at radius 1 is 1.23 bits per heavy atom. The number of carbonyl (C=O) groups excluding carboxylic acids is 1. The van der Waals surface area contributed by atoms with Crippen molar-refractivity contribution >= 4 is 46.0 Å². The van der Waals surface area contributed by atoms with E-state index >= 15 is 0 Å². The molecule has 22 heavy (non-hydrogen) atoms. The summed E-state index contributed by atoms with van der Waals surface area (Å²) in [5.74, 6) is -0.129. The lowest BCUT2D eigenvalue weighted by molar-refractivity contribution is -0.113. The maximum atomic E-state index is 13.8. The lowest BCUT2D eigenvalue weighted by Crippen LogP contribution is -2.28. The first kappa shape index (κ1) is 14.7. The minimum Gasteiger partial charge on any atom is -0.465 e. The van der Waals surface area contributed by atoms with Crippen LogP contribution in [-0.4, -0.2) is 10.2 Å². The third-order valence-corrected chi connectivity index (χ3v) is 4.26. The number of rotatable bonds is 3. The molecule has 0 atom stereocenters. The number of furan rings is 1. The Hall–Kier alpha value is -2.18. The van der Waals surface area contributed by atoms with Crippen LogP contribution in [0.4, 0.5) is 10.1 Å². The first-order valence-corrected chi connectivity index (χ1v) is 7.62. The van der Waals surface area contributed by atoms with Gasteiger partial charge < -0.3 is 4.42 Å². The number of hydrogen-bond donors (Lipinski definition) is 0. The van der Waals surface area contributed by atoms with Crippen molar-refractivity contribution in [3.8, 4) is 0 Å². The maximum absolute atomic E-state index is 13.8. The number of thiocarbonyl (C=S) groups is 1. The van der Waals surface area contributed by atoms with Gasteiger partial charge in [-0.15, -0.1) is 0 Å². The number of para-hydroxylation sites is 1. The van der Waals surface area contributed by atoms with Crippen molar-refractivity contribution < 1.29 is 13.6 Å². The minimum atomic E-state index is -0.480. The Bertz CT molecular complexity index is 781. The SMILES string of the molecule is O=C1/C(=C\C=C\c2ccco2)SC(=S)N1c1ccccc1F. The van der Waals surface area contributed by atoms with Crippen LogP contribution < -0.4 is 4.90 Å². The zero-order chi connectivity index (χ0) is 15.5. The average Bonchev–Trinajstić information content (AvgIpc) is 3.10. The first-order chi connectivity index (χ1) is 10.7. The van der Waals surface area contributed by atoms with Crippen LogP contribution in [0.25, 0.3) is 6.08 Å². The molecule has 1 aliphatic rings. The fourth-order valence-electron chi connectivity index (χ4n) is 1.94. The predicted molar refractivity (Wildman–Crippen MR) is 89.9 cm³/mol. The molecule has 2 aromatic rings. The summed E-state index contributed by atoms with van der Waals surface area (Å²) >= 11 is 6.33. The molecule has 3 nitrogen and oxygen atoms in total. The Kier molecular flexibility index (Phi) is 4.22. The number of nitrogens with zero attached hydrogens (tertiary/aromatic N) is 1. The van der Waals surface area contributed by atoms with Gasteiger partial charge in [-0.25, -0.2) is 4.39 Å². The summed E-state index contributed by atoms with van der Waals surface area (Å²) in [5.41, 5.74) is 0.170. The lowest BCUT2D eigenvalue weighted by Gasteiger charge is -2.14. The van der Waals surface area contributed by atoms with E-state index in [1.54, 1.807) is 48.8 Å². The highest BCUT2D eigenvalue weighted by atomic mass is 32.2. The summed E-state index contributed by atoms with van der Waals surface area (Å²) in [5, 5.41) is 0. The highest BCUT2D eigenvalue weighted by Gasteiger charge is 2.34. The Labute approximate surface area is 136 Å². The largest absolute Gasteiger partial charge is 0.465 e. The number of halogens is 1. The summed E-state index contributed by atoms with van der Waals surface area (Å²) in [4.78, 5) is 14.0. The Morgan fingerprint density at radius 3 is 2.77 bits per heavy atom. The molecular formula is C16H10FNO2S2. The monoisotopic (exact) mass is 331 g/mol. The molecule has 6 heteroatoms. The summed E-state index contributed by atoms with van der Waals surface area (Å²) in [7, 11) is 0. The van der Waals surface area contributed by atoms with Gasteiger partial charge in [-0.3, -0.25) is 9.69 Å². The smallest absolute Gasteiger partial charge is 0.270 e. The molecule has 1 aliphatic heterocycles. The van der Waals surface area contributed by atoms with Crippen LogP contribution >= 0.6 is 24.0 Å². The van der Waals surface area contributed by atoms with Crippen LogP contribution in [0.5, 0.6) is 0 Å². The van der Waals surface area contributed by atoms with Gasteiger partial charge in [0.05, 0.1) is 16.9 Å². The molecule has 0 saturated carbocycles. The second kappa shape index (κ2) is 6.29. The number of allylic oxidation sites excluding steroid dienone is 2. The zero-order valence-corrected chi connectivity index (χ0v) is 12.9. The van der Waals surface area contributed by atoms with E-state index in [0.29, 0.717) is 15.0 Å². The molecular weight excluding hydrogens is 321 g/mol. The highest BCUT2D eigenvalue weighted by Crippen LogP contribution is 2.35. The Morgan fingerprint density at radius 2 is 2.05 bits per heavy atom. The fraction of sp³-hybridized carbons (Fsp3) is 0. The van der Waals surface area contributed by atoms with Crippen molar-refractivity contribution in [2.45, 2.75) is 0 Å². The van der Waals surface area contributed by atoms with Crippen molar-refractivity contribution in [2.24, 2.45) is 0 Å². The van der Waals surface area contributed by atoms with Crippen LogP contribution in [0.2, 0.25) is 0 Å². The van der Waals surface area contributed by atoms with Gasteiger partial charge in [0, 0.05) is 0 Å². The number of amides is 1. The van der Waals surface area contributed by atoms with E-state index in [1.165, 1.54) is 17.0 Å². The average molecular weight is 331 g/mol. The van der Waals surface area contributed by atoms with Gasteiger partial charge in [0.2, 0.25) is 0 Å². The summed E-state index contributed by atoms with van der Waals surface area (Å²) in [6, 6.07) is 9.64. The summed E-state index contributed by atoms with van der Waals surface area (Å²) < 4.78 is 19.3. The van der Waals surface area contributed by atoms with Gasteiger partial charge in [0.15, 0.2) is 4.32 Å². The molecule has 0 bridgehead atoms. The van der Waals surface area contributed by atoms with Crippen LogP contribution in [0, 0.1) is 5.82 Å². The lowest BCUT2D eigenvalue weighted by atomic mass is 10.2. The third kappa shape index (κ3) is 2.88. The predicted octanol–water partition coefficient (Wildman–Crippen LogP) is 4.38. The van der Waals surface area contributed by atoms with Crippen molar-refractivity contribution in [2.75, 3.05) is 4.90 Å². The number of hydrogen-bond acceptors (Lipinski definition) is 4. The molecule has 1 fully saturated rings. The van der Waals surface area contributed by atoms with Crippen LogP contribution in [0.3, 0.4) is 0 Å². The van der Waals surface area contributed by atoms with E-state index in [1.807, 2.05) is 0 Å². The standard InChI is InChI=1S/C16H10FNO2S2/c17-12-7-1-2-8-13(12)18-15(19)14(22-16(18)21)9-3-5-11-6-4-10-20-11/h1-10H/b5-3+,14-9+. The maximum Gasteiger partial charge on any atom is 0.270 e. The molecule has 1 saturated heterocycles. The van der Waals surface area contributed by atoms with E-state index in [0.717, 1.165) is 11.8 Å². The summed E-state index contributed by atoms with van der Waals surface area (Å²) in [6.45, 7) is 0. The molecule has 1 aromatic carbocycles. The van der Waals surface area contributed by atoms with E-state index in [2.05, 4.69) is 0 Å². The fourth-order valence-corrected chi connectivity index (χ4v) is 3.18. The van der Waals surface area contributed by atoms with Gasteiger partial charge >= 0.3 is 0 Å². The van der Waals surface area contributed by atoms with E-state index in [4.69, 9.17) is 16.6 Å². The van der Waals surface area contributed by atoms with Gasteiger partial charge in [-0.1, -0.05) is 42.2 Å². The molecule has 0 spiro atoms. The second-order valence-corrected chi connectivity index (χ2v) is 6.04. The molecule has 0 radical (unpaired) electrons. The van der Waals surface area contributed by atoms with E-state index in [9.17, 15) is 9.18 Å². The molecule has 0 unspecified atom stereocenters.